The number of amides is 1. The Kier molecular flexibility index (Phi) is 5.44. The summed E-state index contributed by atoms with van der Waals surface area (Å²) in [6, 6.07) is 2.17. The van der Waals surface area contributed by atoms with Crippen molar-refractivity contribution in [1.82, 2.24) is 10.3 Å². The van der Waals surface area contributed by atoms with Gasteiger partial charge in [0, 0.05) is 6.20 Å². The van der Waals surface area contributed by atoms with E-state index in [2.05, 4.69) is 10.3 Å². The molecule has 0 spiro atoms. The molecule has 0 aliphatic heterocycles. The van der Waals surface area contributed by atoms with Gasteiger partial charge in [0.15, 0.2) is 0 Å². The number of carboxylic acids is 1. The highest BCUT2D eigenvalue weighted by atomic mass is 32.2. The van der Waals surface area contributed by atoms with Gasteiger partial charge in [0.2, 0.25) is 0 Å². The van der Waals surface area contributed by atoms with Crippen molar-refractivity contribution >= 4 is 29.5 Å². The first-order chi connectivity index (χ1) is 8.56. The maximum absolute atomic E-state index is 11.8. The summed E-state index contributed by atoms with van der Waals surface area (Å²) in [5.41, 5.74) is 5.74. The van der Waals surface area contributed by atoms with Crippen LogP contribution in [-0.2, 0) is 4.79 Å². The van der Waals surface area contributed by atoms with Crippen molar-refractivity contribution < 1.29 is 14.7 Å². The van der Waals surface area contributed by atoms with Crippen LogP contribution >= 0.6 is 11.8 Å². The van der Waals surface area contributed by atoms with E-state index in [9.17, 15) is 9.59 Å². The van der Waals surface area contributed by atoms with Crippen molar-refractivity contribution in [3.05, 3.63) is 23.9 Å². The van der Waals surface area contributed by atoms with Crippen LogP contribution in [-0.4, -0.2) is 40.0 Å². The second kappa shape index (κ2) is 6.85. The molecular formula is C11H15N3O3S. The van der Waals surface area contributed by atoms with Gasteiger partial charge in [-0.2, -0.15) is 11.8 Å². The zero-order valence-electron chi connectivity index (χ0n) is 9.92. The first kappa shape index (κ1) is 14.3. The zero-order valence-corrected chi connectivity index (χ0v) is 10.7. The SMILES string of the molecule is CSCCC(NC(=O)c1cccnc1N)C(=O)O. The quantitative estimate of drug-likeness (QED) is 0.698. The Hall–Kier alpha value is -1.76. The lowest BCUT2D eigenvalue weighted by molar-refractivity contribution is -0.139. The molecular weight excluding hydrogens is 254 g/mol. The summed E-state index contributed by atoms with van der Waals surface area (Å²) in [5, 5.41) is 11.4. The minimum Gasteiger partial charge on any atom is -0.480 e. The Labute approximate surface area is 109 Å². The summed E-state index contributed by atoms with van der Waals surface area (Å²) in [6.07, 6.45) is 3.71. The van der Waals surface area contributed by atoms with Crippen LogP contribution < -0.4 is 11.1 Å². The Morgan fingerprint density at radius 3 is 2.89 bits per heavy atom. The fourth-order valence-corrected chi connectivity index (χ4v) is 1.81. The predicted molar refractivity (Wildman–Crippen MR) is 70.5 cm³/mol. The Morgan fingerprint density at radius 1 is 1.61 bits per heavy atom. The van der Waals surface area contributed by atoms with Crippen molar-refractivity contribution in [1.29, 1.82) is 0 Å². The monoisotopic (exact) mass is 269 g/mol. The van der Waals surface area contributed by atoms with Gasteiger partial charge in [0.05, 0.1) is 5.56 Å². The van der Waals surface area contributed by atoms with Crippen LogP contribution in [0, 0.1) is 0 Å². The van der Waals surface area contributed by atoms with Crippen LogP contribution in [0.5, 0.6) is 0 Å². The van der Waals surface area contributed by atoms with Crippen LogP contribution in [0.4, 0.5) is 5.82 Å². The highest BCUT2D eigenvalue weighted by Crippen LogP contribution is 2.08. The number of nitrogen functional groups attached to an aromatic ring is 1. The molecule has 0 aliphatic carbocycles. The number of carbonyl (C=O) groups excluding carboxylic acids is 1. The molecule has 0 aliphatic rings. The number of aromatic nitrogens is 1. The van der Waals surface area contributed by atoms with Crippen LogP contribution in [0.1, 0.15) is 16.8 Å². The van der Waals surface area contributed by atoms with Gasteiger partial charge < -0.3 is 16.2 Å². The summed E-state index contributed by atoms with van der Waals surface area (Å²) in [4.78, 5) is 26.6. The maximum atomic E-state index is 11.8. The second-order valence-electron chi connectivity index (χ2n) is 3.58. The van der Waals surface area contributed by atoms with Gasteiger partial charge in [-0.05, 0) is 30.6 Å². The van der Waals surface area contributed by atoms with E-state index in [-0.39, 0.29) is 11.4 Å². The molecule has 0 aromatic carbocycles. The van der Waals surface area contributed by atoms with Crippen molar-refractivity contribution in [3.8, 4) is 0 Å². The number of aliphatic carboxylic acids is 1. The number of pyridine rings is 1. The fraction of sp³-hybridized carbons (Fsp3) is 0.364. The summed E-state index contributed by atoms with van der Waals surface area (Å²) >= 11 is 1.52. The van der Waals surface area contributed by atoms with Crippen LogP contribution in [0.3, 0.4) is 0 Å². The van der Waals surface area contributed by atoms with E-state index in [1.807, 2.05) is 6.26 Å². The summed E-state index contributed by atoms with van der Waals surface area (Å²) < 4.78 is 0. The predicted octanol–water partition coefficient (Wildman–Crippen LogP) is 0.600. The molecule has 0 bridgehead atoms. The number of rotatable bonds is 6. The number of carboxylic acid groups (broad SMARTS) is 1. The van der Waals surface area contributed by atoms with Gasteiger partial charge in [0.1, 0.15) is 11.9 Å². The smallest absolute Gasteiger partial charge is 0.326 e. The molecule has 6 nitrogen and oxygen atoms in total. The van der Waals surface area contributed by atoms with Crippen molar-refractivity contribution in [3.63, 3.8) is 0 Å². The molecule has 1 aromatic heterocycles. The van der Waals surface area contributed by atoms with E-state index in [4.69, 9.17) is 10.8 Å². The molecule has 18 heavy (non-hydrogen) atoms. The summed E-state index contributed by atoms with van der Waals surface area (Å²) in [5.74, 6) is -0.835. The zero-order chi connectivity index (χ0) is 13.5. The Morgan fingerprint density at radius 2 is 2.33 bits per heavy atom. The molecule has 1 heterocycles. The van der Waals surface area contributed by atoms with Crippen molar-refractivity contribution in [2.75, 3.05) is 17.7 Å². The molecule has 1 amide bonds. The number of hydrogen-bond acceptors (Lipinski definition) is 5. The van der Waals surface area contributed by atoms with Gasteiger partial charge in [-0.3, -0.25) is 4.79 Å². The third-order valence-corrected chi connectivity index (χ3v) is 2.94. The summed E-state index contributed by atoms with van der Waals surface area (Å²) in [7, 11) is 0. The summed E-state index contributed by atoms with van der Waals surface area (Å²) in [6.45, 7) is 0. The normalized spacial score (nSPS) is 11.8. The number of hydrogen-bond donors (Lipinski definition) is 3. The Bertz CT molecular complexity index is 439. The number of anilines is 1. The third kappa shape index (κ3) is 3.92. The average Bonchev–Trinajstić information content (AvgIpc) is 2.34. The molecule has 0 radical (unpaired) electrons. The molecule has 98 valence electrons. The van der Waals surface area contributed by atoms with E-state index >= 15 is 0 Å². The van der Waals surface area contributed by atoms with Gasteiger partial charge >= 0.3 is 5.97 Å². The third-order valence-electron chi connectivity index (χ3n) is 2.30. The van der Waals surface area contributed by atoms with Crippen LogP contribution in [0.25, 0.3) is 0 Å². The van der Waals surface area contributed by atoms with Crippen LogP contribution in [0.2, 0.25) is 0 Å². The Balaban J connectivity index is 2.72. The van der Waals surface area contributed by atoms with Crippen molar-refractivity contribution in [2.24, 2.45) is 0 Å². The topological polar surface area (TPSA) is 105 Å². The molecule has 0 saturated carbocycles. The molecule has 0 saturated heterocycles. The van der Waals surface area contributed by atoms with E-state index in [1.165, 1.54) is 24.0 Å². The molecule has 4 N–H and O–H groups in total. The second-order valence-corrected chi connectivity index (χ2v) is 4.57. The van der Waals surface area contributed by atoms with Gasteiger partial charge in [-0.25, -0.2) is 9.78 Å². The molecule has 1 aromatic rings. The standard InChI is InChI=1S/C11H15N3O3S/c1-18-6-4-8(11(16)17)14-10(15)7-3-2-5-13-9(7)12/h2-3,5,8H,4,6H2,1H3,(H2,12,13)(H,14,15)(H,16,17). The van der Waals surface area contributed by atoms with E-state index in [0.717, 1.165) is 0 Å². The molecule has 1 rings (SSSR count). The number of thioether (sulfide) groups is 1. The van der Waals surface area contributed by atoms with Gasteiger partial charge in [-0.1, -0.05) is 0 Å². The van der Waals surface area contributed by atoms with E-state index < -0.39 is 17.9 Å². The number of nitrogens with one attached hydrogen (secondary N) is 1. The molecule has 0 fully saturated rings. The number of carbonyl (C=O) groups is 2. The lowest BCUT2D eigenvalue weighted by Crippen LogP contribution is -2.41. The minimum atomic E-state index is -1.06. The highest BCUT2D eigenvalue weighted by molar-refractivity contribution is 7.98. The van der Waals surface area contributed by atoms with Gasteiger partial charge in [-0.15, -0.1) is 0 Å². The highest BCUT2D eigenvalue weighted by Gasteiger charge is 2.21. The molecule has 1 unspecified atom stereocenters. The van der Waals surface area contributed by atoms with Gasteiger partial charge in [0.25, 0.3) is 5.91 Å². The maximum Gasteiger partial charge on any atom is 0.326 e. The molecule has 7 heteroatoms. The fourth-order valence-electron chi connectivity index (χ4n) is 1.34. The number of nitrogens with zero attached hydrogens (tertiary/aromatic N) is 1. The van der Waals surface area contributed by atoms with Crippen molar-refractivity contribution in [2.45, 2.75) is 12.5 Å². The van der Waals surface area contributed by atoms with E-state index in [1.54, 1.807) is 6.07 Å². The lowest BCUT2D eigenvalue weighted by atomic mass is 10.2. The molecule has 1 atom stereocenters. The minimum absolute atomic E-state index is 0.0870. The first-order valence-corrected chi connectivity index (χ1v) is 6.68. The largest absolute Gasteiger partial charge is 0.480 e. The van der Waals surface area contributed by atoms with Crippen LogP contribution in [0.15, 0.2) is 18.3 Å². The van der Waals surface area contributed by atoms with E-state index in [0.29, 0.717) is 12.2 Å². The lowest BCUT2D eigenvalue weighted by Gasteiger charge is -2.14. The average molecular weight is 269 g/mol. The first-order valence-electron chi connectivity index (χ1n) is 5.29. The number of nitrogens with two attached hydrogens (primary N) is 1.